The minimum atomic E-state index is -0.172. The van der Waals surface area contributed by atoms with Crippen LogP contribution < -0.4 is 5.32 Å². The summed E-state index contributed by atoms with van der Waals surface area (Å²) in [5, 5.41) is 13.1. The summed E-state index contributed by atoms with van der Waals surface area (Å²) in [4.78, 5) is 0. The Balaban J connectivity index is 2.01. The fourth-order valence-corrected chi connectivity index (χ4v) is 2.28. The molecule has 1 aliphatic carbocycles. The molecule has 1 rings (SSSR count). The van der Waals surface area contributed by atoms with Crippen molar-refractivity contribution in [2.45, 2.75) is 65.0 Å². The zero-order chi connectivity index (χ0) is 11.3. The van der Waals surface area contributed by atoms with Crippen LogP contribution in [0.3, 0.4) is 0 Å². The van der Waals surface area contributed by atoms with Gasteiger partial charge < -0.3 is 10.4 Å². The van der Waals surface area contributed by atoms with Gasteiger partial charge in [0.2, 0.25) is 0 Å². The van der Waals surface area contributed by atoms with E-state index < -0.39 is 0 Å². The SMILES string of the molecule is CC(C)CC(O)CNC(C)CC1CCC1. The van der Waals surface area contributed by atoms with Gasteiger partial charge in [-0.3, -0.25) is 0 Å². The molecule has 1 aliphatic rings. The highest BCUT2D eigenvalue weighted by molar-refractivity contribution is 4.75. The number of hydrogen-bond donors (Lipinski definition) is 2. The Hall–Kier alpha value is -0.0800. The van der Waals surface area contributed by atoms with Crippen LogP contribution in [0.1, 0.15) is 52.9 Å². The molecular weight excluding hydrogens is 186 g/mol. The minimum absolute atomic E-state index is 0.172. The summed E-state index contributed by atoms with van der Waals surface area (Å²) in [5.74, 6) is 1.54. The molecule has 90 valence electrons. The van der Waals surface area contributed by atoms with Gasteiger partial charge in [0, 0.05) is 12.6 Å². The van der Waals surface area contributed by atoms with Crippen molar-refractivity contribution < 1.29 is 5.11 Å². The molecule has 0 heterocycles. The second-order valence-electron chi connectivity index (χ2n) is 5.63. The number of rotatable bonds is 7. The van der Waals surface area contributed by atoms with Crippen molar-refractivity contribution >= 4 is 0 Å². The number of aliphatic hydroxyl groups excluding tert-OH is 1. The summed E-state index contributed by atoms with van der Waals surface area (Å²) < 4.78 is 0. The zero-order valence-electron chi connectivity index (χ0n) is 10.5. The van der Waals surface area contributed by atoms with Crippen LogP contribution >= 0.6 is 0 Å². The Morgan fingerprint density at radius 2 is 1.93 bits per heavy atom. The Kier molecular flexibility index (Phi) is 5.62. The van der Waals surface area contributed by atoms with Crippen LogP contribution in [0.4, 0.5) is 0 Å². The molecule has 0 aliphatic heterocycles. The molecule has 1 fully saturated rings. The van der Waals surface area contributed by atoms with Gasteiger partial charge in [0.15, 0.2) is 0 Å². The quantitative estimate of drug-likeness (QED) is 0.681. The maximum atomic E-state index is 9.71. The van der Waals surface area contributed by atoms with Crippen LogP contribution in [-0.2, 0) is 0 Å². The lowest BCUT2D eigenvalue weighted by Gasteiger charge is -2.29. The molecule has 0 aromatic heterocycles. The van der Waals surface area contributed by atoms with Crippen LogP contribution in [0.25, 0.3) is 0 Å². The topological polar surface area (TPSA) is 32.3 Å². The van der Waals surface area contributed by atoms with E-state index in [-0.39, 0.29) is 6.10 Å². The molecule has 0 spiro atoms. The average Bonchev–Trinajstić information content (AvgIpc) is 2.07. The zero-order valence-corrected chi connectivity index (χ0v) is 10.5. The fourth-order valence-electron chi connectivity index (χ4n) is 2.28. The summed E-state index contributed by atoms with van der Waals surface area (Å²) in [7, 11) is 0. The molecule has 0 amide bonds. The summed E-state index contributed by atoms with van der Waals surface area (Å²) >= 11 is 0. The second-order valence-corrected chi connectivity index (χ2v) is 5.63. The van der Waals surface area contributed by atoms with Crippen LogP contribution in [0.15, 0.2) is 0 Å². The molecular formula is C13H27NO. The first-order valence-corrected chi connectivity index (χ1v) is 6.49. The van der Waals surface area contributed by atoms with Crippen molar-refractivity contribution in [1.82, 2.24) is 5.32 Å². The molecule has 15 heavy (non-hydrogen) atoms. The number of nitrogens with one attached hydrogen (secondary N) is 1. The lowest BCUT2D eigenvalue weighted by atomic mass is 9.81. The van der Waals surface area contributed by atoms with E-state index in [1.54, 1.807) is 0 Å². The first-order valence-electron chi connectivity index (χ1n) is 6.49. The molecule has 2 heteroatoms. The summed E-state index contributed by atoms with van der Waals surface area (Å²) in [6.45, 7) is 7.30. The van der Waals surface area contributed by atoms with Crippen molar-refractivity contribution in [1.29, 1.82) is 0 Å². The van der Waals surface area contributed by atoms with Gasteiger partial charge in [-0.25, -0.2) is 0 Å². The third kappa shape index (κ3) is 5.53. The minimum Gasteiger partial charge on any atom is -0.392 e. The first kappa shape index (κ1) is 13.0. The highest BCUT2D eigenvalue weighted by Crippen LogP contribution is 2.30. The molecule has 1 saturated carbocycles. The Morgan fingerprint density at radius 1 is 1.27 bits per heavy atom. The Morgan fingerprint density at radius 3 is 2.40 bits per heavy atom. The maximum Gasteiger partial charge on any atom is 0.0667 e. The molecule has 2 atom stereocenters. The standard InChI is InChI=1S/C13H27NO/c1-10(2)7-13(15)9-14-11(3)8-12-5-4-6-12/h10-15H,4-9H2,1-3H3. The van der Waals surface area contributed by atoms with Gasteiger partial charge in [-0.05, 0) is 31.6 Å². The lowest BCUT2D eigenvalue weighted by Crippen LogP contribution is -2.36. The number of hydrogen-bond acceptors (Lipinski definition) is 2. The average molecular weight is 213 g/mol. The van der Waals surface area contributed by atoms with E-state index in [1.165, 1.54) is 25.7 Å². The molecule has 0 aromatic carbocycles. The van der Waals surface area contributed by atoms with Crippen molar-refractivity contribution in [3.05, 3.63) is 0 Å². The predicted molar refractivity (Wildman–Crippen MR) is 64.9 cm³/mol. The Labute approximate surface area is 94.5 Å². The van der Waals surface area contributed by atoms with E-state index >= 15 is 0 Å². The van der Waals surface area contributed by atoms with E-state index in [2.05, 4.69) is 26.1 Å². The fraction of sp³-hybridized carbons (Fsp3) is 1.00. The summed E-state index contributed by atoms with van der Waals surface area (Å²) in [6, 6.07) is 0.567. The van der Waals surface area contributed by atoms with Crippen LogP contribution in [-0.4, -0.2) is 23.8 Å². The largest absolute Gasteiger partial charge is 0.392 e. The Bertz CT molecular complexity index is 166. The van der Waals surface area contributed by atoms with Gasteiger partial charge in [-0.1, -0.05) is 33.1 Å². The number of aliphatic hydroxyl groups is 1. The summed E-state index contributed by atoms with van der Waals surface area (Å²) in [5.41, 5.74) is 0. The lowest BCUT2D eigenvalue weighted by molar-refractivity contribution is 0.139. The molecule has 0 bridgehead atoms. The predicted octanol–water partition coefficient (Wildman–Crippen LogP) is 2.56. The van der Waals surface area contributed by atoms with E-state index in [9.17, 15) is 5.11 Å². The van der Waals surface area contributed by atoms with Gasteiger partial charge in [0.05, 0.1) is 6.10 Å². The van der Waals surface area contributed by atoms with Crippen molar-refractivity contribution in [3.8, 4) is 0 Å². The molecule has 0 radical (unpaired) electrons. The van der Waals surface area contributed by atoms with Crippen LogP contribution in [0, 0.1) is 11.8 Å². The monoisotopic (exact) mass is 213 g/mol. The van der Waals surface area contributed by atoms with Gasteiger partial charge in [0.25, 0.3) is 0 Å². The van der Waals surface area contributed by atoms with E-state index in [0.29, 0.717) is 12.0 Å². The molecule has 0 saturated heterocycles. The first-order chi connectivity index (χ1) is 7.08. The molecule has 2 N–H and O–H groups in total. The normalized spacial score (nSPS) is 21.4. The van der Waals surface area contributed by atoms with E-state index in [4.69, 9.17) is 0 Å². The summed E-state index contributed by atoms with van der Waals surface area (Å²) in [6.07, 6.45) is 6.28. The second kappa shape index (κ2) is 6.49. The van der Waals surface area contributed by atoms with Crippen LogP contribution in [0.2, 0.25) is 0 Å². The van der Waals surface area contributed by atoms with Gasteiger partial charge in [-0.15, -0.1) is 0 Å². The van der Waals surface area contributed by atoms with Gasteiger partial charge >= 0.3 is 0 Å². The van der Waals surface area contributed by atoms with Crippen LogP contribution in [0.5, 0.6) is 0 Å². The highest BCUT2D eigenvalue weighted by atomic mass is 16.3. The van der Waals surface area contributed by atoms with Gasteiger partial charge in [-0.2, -0.15) is 0 Å². The molecule has 2 nitrogen and oxygen atoms in total. The third-order valence-corrected chi connectivity index (χ3v) is 3.36. The molecule has 0 aromatic rings. The van der Waals surface area contributed by atoms with Crippen molar-refractivity contribution in [3.63, 3.8) is 0 Å². The highest BCUT2D eigenvalue weighted by Gasteiger charge is 2.20. The van der Waals surface area contributed by atoms with Gasteiger partial charge in [0.1, 0.15) is 0 Å². The third-order valence-electron chi connectivity index (χ3n) is 3.36. The molecule has 2 unspecified atom stereocenters. The smallest absolute Gasteiger partial charge is 0.0667 e. The maximum absolute atomic E-state index is 9.71. The van der Waals surface area contributed by atoms with Crippen molar-refractivity contribution in [2.24, 2.45) is 11.8 Å². The van der Waals surface area contributed by atoms with E-state index in [0.717, 1.165) is 18.9 Å². The van der Waals surface area contributed by atoms with Crippen molar-refractivity contribution in [2.75, 3.05) is 6.54 Å². The van der Waals surface area contributed by atoms with E-state index in [1.807, 2.05) is 0 Å².